The lowest BCUT2D eigenvalue weighted by Gasteiger charge is -2.38. The first-order valence-corrected chi connectivity index (χ1v) is 11.7. The summed E-state index contributed by atoms with van der Waals surface area (Å²) in [6.07, 6.45) is 1.93. The van der Waals surface area contributed by atoms with E-state index in [2.05, 4.69) is 5.32 Å². The molecule has 1 unspecified atom stereocenters. The molecule has 1 amide bonds. The van der Waals surface area contributed by atoms with Crippen LogP contribution in [0.1, 0.15) is 24.4 Å². The molecule has 0 radical (unpaired) electrons. The number of halogens is 2. The molecule has 160 valence electrons. The highest BCUT2D eigenvalue weighted by atomic mass is 35.5. The first kappa shape index (κ1) is 21.2. The number of carbonyl (C=O) groups is 1. The van der Waals surface area contributed by atoms with Gasteiger partial charge in [0.25, 0.3) is 0 Å². The minimum atomic E-state index is -3.66. The fourth-order valence-corrected chi connectivity index (χ4v) is 5.38. The van der Waals surface area contributed by atoms with Gasteiger partial charge < -0.3 is 5.32 Å². The van der Waals surface area contributed by atoms with Gasteiger partial charge in [-0.05, 0) is 48.7 Å². The smallest absolute Gasteiger partial charge is 0.243 e. The molecule has 2 aromatic rings. The summed E-state index contributed by atoms with van der Waals surface area (Å²) >= 11 is 5.95. The van der Waals surface area contributed by atoms with E-state index in [0.717, 1.165) is 12.8 Å². The van der Waals surface area contributed by atoms with E-state index in [0.29, 0.717) is 23.7 Å². The summed E-state index contributed by atoms with van der Waals surface area (Å²) in [6.45, 7) is 1.28. The fourth-order valence-electron chi connectivity index (χ4n) is 3.66. The number of benzene rings is 2. The van der Waals surface area contributed by atoms with Crippen LogP contribution in [0.25, 0.3) is 0 Å². The van der Waals surface area contributed by atoms with Crippen LogP contribution in [0.3, 0.4) is 0 Å². The molecule has 4 rings (SSSR count). The van der Waals surface area contributed by atoms with Crippen LogP contribution in [0.5, 0.6) is 0 Å². The Balaban J connectivity index is 1.50. The minimum absolute atomic E-state index is 0.129. The van der Waals surface area contributed by atoms with Crippen LogP contribution < -0.4 is 5.32 Å². The summed E-state index contributed by atoms with van der Waals surface area (Å²) in [7, 11) is -3.66. The van der Waals surface area contributed by atoms with E-state index in [1.807, 2.05) is 4.90 Å². The van der Waals surface area contributed by atoms with Gasteiger partial charge in [0, 0.05) is 37.2 Å². The number of nitrogens with one attached hydrogen (secondary N) is 1. The largest absolute Gasteiger partial charge is 0.352 e. The van der Waals surface area contributed by atoms with Gasteiger partial charge in [0.15, 0.2) is 0 Å². The lowest BCUT2D eigenvalue weighted by Crippen LogP contribution is -2.52. The molecule has 9 heteroatoms. The van der Waals surface area contributed by atoms with Gasteiger partial charge >= 0.3 is 0 Å². The van der Waals surface area contributed by atoms with Crippen molar-refractivity contribution >= 4 is 27.5 Å². The molecule has 1 aliphatic carbocycles. The van der Waals surface area contributed by atoms with E-state index >= 15 is 0 Å². The first-order valence-electron chi connectivity index (χ1n) is 9.90. The van der Waals surface area contributed by atoms with Crippen molar-refractivity contribution in [3.8, 4) is 0 Å². The van der Waals surface area contributed by atoms with Crippen LogP contribution in [-0.4, -0.2) is 55.8 Å². The van der Waals surface area contributed by atoms with Crippen LogP contribution in [0.2, 0.25) is 5.02 Å². The van der Waals surface area contributed by atoms with Gasteiger partial charge in [0.05, 0.1) is 4.90 Å². The van der Waals surface area contributed by atoms with Crippen molar-refractivity contribution in [2.24, 2.45) is 0 Å². The third-order valence-electron chi connectivity index (χ3n) is 5.43. The number of sulfonamides is 1. The number of rotatable bonds is 6. The number of hydrogen-bond acceptors (Lipinski definition) is 4. The monoisotopic (exact) mass is 451 g/mol. The van der Waals surface area contributed by atoms with Crippen LogP contribution in [-0.2, 0) is 14.8 Å². The maximum Gasteiger partial charge on any atom is 0.243 e. The highest BCUT2D eigenvalue weighted by Crippen LogP contribution is 2.28. The maximum absolute atomic E-state index is 13.4. The van der Waals surface area contributed by atoms with Crippen molar-refractivity contribution in [3.05, 3.63) is 64.9 Å². The Morgan fingerprint density at radius 1 is 1.07 bits per heavy atom. The van der Waals surface area contributed by atoms with Crippen molar-refractivity contribution in [1.29, 1.82) is 0 Å². The van der Waals surface area contributed by atoms with E-state index in [1.165, 1.54) is 28.6 Å². The molecule has 6 nitrogen and oxygen atoms in total. The van der Waals surface area contributed by atoms with Gasteiger partial charge in [-0.3, -0.25) is 9.69 Å². The number of carbonyl (C=O) groups excluding carboxylic acids is 1. The molecule has 2 aromatic carbocycles. The summed E-state index contributed by atoms with van der Waals surface area (Å²) in [6, 6.07) is 11.7. The second-order valence-electron chi connectivity index (χ2n) is 7.63. The fraction of sp³-hybridized carbons (Fsp3) is 0.381. The predicted octanol–water partition coefficient (Wildman–Crippen LogP) is 2.81. The van der Waals surface area contributed by atoms with Crippen LogP contribution in [0.4, 0.5) is 4.39 Å². The summed E-state index contributed by atoms with van der Waals surface area (Å²) in [5, 5.41) is 3.38. The van der Waals surface area contributed by atoms with Crippen LogP contribution >= 0.6 is 11.6 Å². The molecule has 1 aliphatic heterocycles. The quantitative estimate of drug-likeness (QED) is 0.733. The standard InChI is InChI=1S/C21H23ClFN3O3S/c22-16-2-1-3-19(14-16)30(28,29)26-12-10-25(11-13-26)20(21(27)24-18-8-9-18)15-4-6-17(23)7-5-15/h1-7,14,18,20H,8-13H2,(H,24,27). The molecule has 30 heavy (non-hydrogen) atoms. The molecule has 2 aliphatic rings. The molecule has 1 saturated carbocycles. The number of piperazine rings is 1. The molecule has 1 heterocycles. The second kappa shape index (κ2) is 8.63. The molecule has 1 N–H and O–H groups in total. The predicted molar refractivity (Wildman–Crippen MR) is 112 cm³/mol. The molecular weight excluding hydrogens is 429 g/mol. The third kappa shape index (κ3) is 4.67. The summed E-state index contributed by atoms with van der Waals surface area (Å²) in [5.74, 6) is -0.493. The summed E-state index contributed by atoms with van der Waals surface area (Å²) in [5.41, 5.74) is 0.695. The average Bonchev–Trinajstić information content (AvgIpc) is 3.54. The third-order valence-corrected chi connectivity index (χ3v) is 7.56. The van der Waals surface area contributed by atoms with E-state index in [4.69, 9.17) is 11.6 Å². The molecule has 0 aromatic heterocycles. The second-order valence-corrected chi connectivity index (χ2v) is 10.0. The van der Waals surface area contributed by atoms with Crippen molar-refractivity contribution < 1.29 is 17.6 Å². The zero-order chi connectivity index (χ0) is 21.3. The molecule has 0 bridgehead atoms. The highest BCUT2D eigenvalue weighted by Gasteiger charge is 2.36. The number of hydrogen-bond donors (Lipinski definition) is 1. The highest BCUT2D eigenvalue weighted by molar-refractivity contribution is 7.89. The zero-order valence-corrected chi connectivity index (χ0v) is 17.9. The van der Waals surface area contributed by atoms with E-state index in [9.17, 15) is 17.6 Å². The summed E-state index contributed by atoms with van der Waals surface area (Å²) < 4.78 is 40.7. The Morgan fingerprint density at radius 2 is 1.73 bits per heavy atom. The Hall–Kier alpha value is -2.00. The van der Waals surface area contributed by atoms with E-state index in [-0.39, 0.29) is 35.8 Å². The Labute approximate surface area is 180 Å². The Kier molecular flexibility index (Phi) is 6.11. The molecule has 1 saturated heterocycles. The van der Waals surface area contributed by atoms with Gasteiger partial charge in [-0.1, -0.05) is 29.8 Å². The SMILES string of the molecule is O=C(NC1CC1)C(c1ccc(F)cc1)N1CCN(S(=O)(=O)c2cccc(Cl)c2)CC1. The van der Waals surface area contributed by atoms with Gasteiger partial charge in [0.1, 0.15) is 11.9 Å². The molecule has 2 fully saturated rings. The van der Waals surface area contributed by atoms with Gasteiger partial charge in [0.2, 0.25) is 15.9 Å². The topological polar surface area (TPSA) is 69.7 Å². The zero-order valence-electron chi connectivity index (χ0n) is 16.3. The van der Waals surface area contributed by atoms with Crippen LogP contribution in [0.15, 0.2) is 53.4 Å². The lowest BCUT2D eigenvalue weighted by molar-refractivity contribution is -0.127. The molecule has 0 spiro atoms. The normalized spacial score (nSPS) is 19.4. The minimum Gasteiger partial charge on any atom is -0.352 e. The Bertz CT molecular complexity index is 1020. The Morgan fingerprint density at radius 3 is 2.33 bits per heavy atom. The van der Waals surface area contributed by atoms with Crippen molar-refractivity contribution in [2.45, 2.75) is 29.8 Å². The number of amides is 1. The van der Waals surface area contributed by atoms with E-state index < -0.39 is 16.1 Å². The van der Waals surface area contributed by atoms with Crippen molar-refractivity contribution in [2.75, 3.05) is 26.2 Å². The van der Waals surface area contributed by atoms with Crippen molar-refractivity contribution in [1.82, 2.24) is 14.5 Å². The van der Waals surface area contributed by atoms with Crippen LogP contribution in [0, 0.1) is 5.82 Å². The maximum atomic E-state index is 13.4. The van der Waals surface area contributed by atoms with E-state index in [1.54, 1.807) is 24.3 Å². The van der Waals surface area contributed by atoms with Gasteiger partial charge in [-0.2, -0.15) is 4.31 Å². The molecular formula is C21H23ClFN3O3S. The lowest BCUT2D eigenvalue weighted by atomic mass is 10.0. The molecule has 1 atom stereocenters. The number of nitrogens with zero attached hydrogens (tertiary/aromatic N) is 2. The van der Waals surface area contributed by atoms with Crippen molar-refractivity contribution in [3.63, 3.8) is 0 Å². The van der Waals surface area contributed by atoms with Gasteiger partial charge in [-0.15, -0.1) is 0 Å². The first-order chi connectivity index (χ1) is 14.3. The van der Waals surface area contributed by atoms with Gasteiger partial charge in [-0.25, -0.2) is 12.8 Å². The summed E-state index contributed by atoms with van der Waals surface area (Å²) in [4.78, 5) is 15.0. The average molecular weight is 452 g/mol.